The van der Waals surface area contributed by atoms with Crippen molar-refractivity contribution < 1.29 is 19.4 Å². The van der Waals surface area contributed by atoms with Crippen LogP contribution >= 0.6 is 11.3 Å². The molecule has 2 amide bonds. The Morgan fingerprint density at radius 1 is 1.25 bits per heavy atom. The smallest absolute Gasteiger partial charge is 0.229 e. The molecule has 2 aliphatic rings. The molecular weight excluding hydrogens is 380 g/mol. The Labute approximate surface area is 169 Å². The SMILES string of the molecule is O=C(C[C@@H]1C=C[C@H](NC(=O)CCN2CCCCC2)[C@@H](CO)O1)Nc1nccs1. The highest BCUT2D eigenvalue weighted by molar-refractivity contribution is 7.13. The molecule has 0 saturated carbocycles. The quantitative estimate of drug-likeness (QED) is 0.558. The van der Waals surface area contributed by atoms with Crippen LogP contribution in [0.15, 0.2) is 23.7 Å². The summed E-state index contributed by atoms with van der Waals surface area (Å²) in [4.78, 5) is 30.7. The van der Waals surface area contributed by atoms with Gasteiger partial charge in [0, 0.05) is 24.5 Å². The number of aliphatic hydroxyl groups excluding tert-OH is 1. The molecule has 1 aromatic heterocycles. The fourth-order valence-corrected chi connectivity index (χ4v) is 4.02. The summed E-state index contributed by atoms with van der Waals surface area (Å²) < 4.78 is 5.79. The molecule has 8 nitrogen and oxygen atoms in total. The number of likely N-dealkylation sites (tertiary alicyclic amines) is 1. The summed E-state index contributed by atoms with van der Waals surface area (Å²) in [6.45, 7) is 2.64. The Kier molecular flexibility index (Phi) is 7.96. The van der Waals surface area contributed by atoms with Crippen LogP contribution in [-0.4, -0.2) is 71.3 Å². The van der Waals surface area contributed by atoms with Gasteiger partial charge in [0.05, 0.1) is 25.2 Å². The second-order valence-electron chi connectivity index (χ2n) is 7.12. The first-order chi connectivity index (χ1) is 13.6. The molecule has 154 valence electrons. The van der Waals surface area contributed by atoms with Crippen molar-refractivity contribution in [3.63, 3.8) is 0 Å². The number of aromatic nitrogens is 1. The van der Waals surface area contributed by atoms with Crippen LogP contribution in [0.1, 0.15) is 32.1 Å². The van der Waals surface area contributed by atoms with Crippen LogP contribution in [0.2, 0.25) is 0 Å². The van der Waals surface area contributed by atoms with Crippen molar-refractivity contribution in [3.05, 3.63) is 23.7 Å². The van der Waals surface area contributed by atoms with Gasteiger partial charge >= 0.3 is 0 Å². The summed E-state index contributed by atoms with van der Waals surface area (Å²) in [6, 6.07) is -0.392. The first kappa shape index (κ1) is 20.9. The number of piperidine rings is 1. The van der Waals surface area contributed by atoms with E-state index in [0.717, 1.165) is 19.6 Å². The Morgan fingerprint density at radius 2 is 2.07 bits per heavy atom. The van der Waals surface area contributed by atoms with Gasteiger partial charge in [0.2, 0.25) is 11.8 Å². The number of carbonyl (C=O) groups excluding carboxylic acids is 2. The molecule has 0 aromatic carbocycles. The summed E-state index contributed by atoms with van der Waals surface area (Å²) in [5.74, 6) is -0.257. The molecule has 3 rings (SSSR count). The van der Waals surface area contributed by atoms with Crippen molar-refractivity contribution in [2.75, 3.05) is 31.6 Å². The molecule has 3 atom stereocenters. The van der Waals surface area contributed by atoms with E-state index in [-0.39, 0.29) is 24.8 Å². The lowest BCUT2D eigenvalue weighted by Gasteiger charge is -2.32. The molecule has 0 aliphatic carbocycles. The van der Waals surface area contributed by atoms with Gasteiger partial charge in [-0.2, -0.15) is 0 Å². The summed E-state index contributed by atoms with van der Waals surface area (Å²) in [6.07, 6.45) is 8.42. The zero-order chi connectivity index (χ0) is 19.8. The number of rotatable bonds is 8. The van der Waals surface area contributed by atoms with E-state index in [9.17, 15) is 14.7 Å². The van der Waals surface area contributed by atoms with E-state index in [1.165, 1.54) is 30.6 Å². The van der Waals surface area contributed by atoms with E-state index < -0.39 is 18.2 Å². The van der Waals surface area contributed by atoms with Gasteiger partial charge in [-0.3, -0.25) is 9.59 Å². The Bertz CT molecular complexity index is 661. The molecule has 0 unspecified atom stereocenters. The van der Waals surface area contributed by atoms with E-state index in [1.54, 1.807) is 17.7 Å². The van der Waals surface area contributed by atoms with Crippen LogP contribution in [0.4, 0.5) is 5.13 Å². The number of hydrogen-bond donors (Lipinski definition) is 3. The lowest BCUT2D eigenvalue weighted by atomic mass is 10.0. The molecule has 0 spiro atoms. The van der Waals surface area contributed by atoms with Crippen molar-refractivity contribution in [1.82, 2.24) is 15.2 Å². The van der Waals surface area contributed by atoms with Crippen LogP contribution in [0.5, 0.6) is 0 Å². The number of hydrogen-bond acceptors (Lipinski definition) is 7. The third kappa shape index (κ3) is 6.37. The summed E-state index contributed by atoms with van der Waals surface area (Å²) >= 11 is 1.35. The lowest BCUT2D eigenvalue weighted by molar-refractivity contribution is -0.126. The topological polar surface area (TPSA) is 104 Å². The summed E-state index contributed by atoms with van der Waals surface area (Å²) in [5.41, 5.74) is 0. The van der Waals surface area contributed by atoms with Gasteiger partial charge in [-0.05, 0) is 25.9 Å². The maximum atomic E-state index is 12.3. The van der Waals surface area contributed by atoms with Gasteiger partial charge in [0.15, 0.2) is 5.13 Å². The third-order valence-corrected chi connectivity index (χ3v) is 5.65. The predicted octanol–water partition coefficient (Wildman–Crippen LogP) is 1.15. The molecule has 0 bridgehead atoms. The highest BCUT2D eigenvalue weighted by atomic mass is 32.1. The highest BCUT2D eigenvalue weighted by Gasteiger charge is 2.29. The molecule has 3 heterocycles. The number of aliphatic hydroxyl groups is 1. The van der Waals surface area contributed by atoms with Crippen LogP contribution in [-0.2, 0) is 14.3 Å². The monoisotopic (exact) mass is 408 g/mol. The van der Waals surface area contributed by atoms with E-state index in [2.05, 4.69) is 20.5 Å². The molecule has 1 fully saturated rings. The second-order valence-corrected chi connectivity index (χ2v) is 8.01. The van der Waals surface area contributed by atoms with Crippen LogP contribution < -0.4 is 10.6 Å². The number of nitrogens with zero attached hydrogens (tertiary/aromatic N) is 2. The second kappa shape index (κ2) is 10.7. The number of anilines is 1. The molecule has 1 saturated heterocycles. The van der Waals surface area contributed by atoms with Gasteiger partial charge in [-0.1, -0.05) is 18.6 Å². The molecular formula is C19H28N4O4S. The van der Waals surface area contributed by atoms with E-state index in [0.29, 0.717) is 11.6 Å². The van der Waals surface area contributed by atoms with Crippen molar-refractivity contribution in [1.29, 1.82) is 0 Å². The summed E-state index contributed by atoms with van der Waals surface area (Å²) in [7, 11) is 0. The number of amides is 2. The minimum atomic E-state index is -0.568. The van der Waals surface area contributed by atoms with E-state index in [4.69, 9.17) is 4.74 Å². The van der Waals surface area contributed by atoms with E-state index in [1.807, 2.05) is 6.08 Å². The standard InChI is InChI=1S/C19H28N4O4S/c24-13-16-15(21-17(25)6-10-23-8-2-1-3-9-23)5-4-14(27-16)12-18(26)22-19-20-7-11-28-19/h4-5,7,11,14-16,24H,1-3,6,8-10,12-13H2,(H,21,25)(H,20,22,26)/t14-,15-,16+/m0/s1. The minimum absolute atomic E-state index is 0.0535. The van der Waals surface area contributed by atoms with Crippen molar-refractivity contribution in [3.8, 4) is 0 Å². The van der Waals surface area contributed by atoms with Gasteiger partial charge in [0.1, 0.15) is 6.10 Å². The number of ether oxygens (including phenoxy) is 1. The molecule has 3 N–H and O–H groups in total. The molecule has 0 radical (unpaired) electrons. The third-order valence-electron chi connectivity index (χ3n) is 4.96. The van der Waals surface area contributed by atoms with Crippen molar-refractivity contribution in [2.24, 2.45) is 0 Å². The maximum Gasteiger partial charge on any atom is 0.229 e. The number of thiazole rings is 1. The van der Waals surface area contributed by atoms with Gasteiger partial charge in [-0.25, -0.2) is 4.98 Å². The van der Waals surface area contributed by atoms with Crippen LogP contribution in [0, 0.1) is 0 Å². The average molecular weight is 409 g/mol. The fourth-order valence-electron chi connectivity index (χ4n) is 3.47. The largest absolute Gasteiger partial charge is 0.394 e. The highest BCUT2D eigenvalue weighted by Crippen LogP contribution is 2.18. The van der Waals surface area contributed by atoms with E-state index >= 15 is 0 Å². The molecule has 9 heteroatoms. The Balaban J connectivity index is 1.44. The zero-order valence-electron chi connectivity index (χ0n) is 15.9. The zero-order valence-corrected chi connectivity index (χ0v) is 16.7. The number of nitrogens with one attached hydrogen (secondary N) is 2. The number of carbonyl (C=O) groups is 2. The van der Waals surface area contributed by atoms with Crippen LogP contribution in [0.25, 0.3) is 0 Å². The normalized spacial score (nSPS) is 25.4. The van der Waals surface area contributed by atoms with Gasteiger partial charge < -0.3 is 25.4 Å². The van der Waals surface area contributed by atoms with Crippen molar-refractivity contribution in [2.45, 2.75) is 50.4 Å². The minimum Gasteiger partial charge on any atom is -0.394 e. The first-order valence-electron chi connectivity index (χ1n) is 9.80. The van der Waals surface area contributed by atoms with Crippen molar-refractivity contribution >= 4 is 28.3 Å². The first-order valence-corrected chi connectivity index (χ1v) is 10.7. The molecule has 28 heavy (non-hydrogen) atoms. The molecule has 2 aliphatic heterocycles. The lowest BCUT2D eigenvalue weighted by Crippen LogP contribution is -2.49. The summed E-state index contributed by atoms with van der Waals surface area (Å²) in [5, 5.41) is 17.6. The molecule has 1 aromatic rings. The predicted molar refractivity (Wildman–Crippen MR) is 107 cm³/mol. The average Bonchev–Trinajstić information content (AvgIpc) is 3.21. The van der Waals surface area contributed by atoms with Gasteiger partial charge in [0.25, 0.3) is 0 Å². The fraction of sp³-hybridized carbons (Fsp3) is 0.632. The Hall–Kier alpha value is -1.81. The van der Waals surface area contributed by atoms with Gasteiger partial charge in [-0.15, -0.1) is 11.3 Å². The van der Waals surface area contributed by atoms with Crippen LogP contribution in [0.3, 0.4) is 0 Å². The Morgan fingerprint density at radius 3 is 2.79 bits per heavy atom. The maximum absolute atomic E-state index is 12.3.